The second kappa shape index (κ2) is 6.34. The van der Waals surface area contributed by atoms with Crippen LogP contribution in [0.5, 0.6) is 5.75 Å². The zero-order valence-electron chi connectivity index (χ0n) is 14.2. The van der Waals surface area contributed by atoms with E-state index in [-0.39, 0.29) is 17.9 Å². The van der Waals surface area contributed by atoms with E-state index >= 15 is 0 Å². The van der Waals surface area contributed by atoms with Crippen LogP contribution in [-0.4, -0.2) is 45.0 Å². The van der Waals surface area contributed by atoms with Gasteiger partial charge in [0.2, 0.25) is 5.91 Å². The average molecular weight is 364 g/mol. The van der Waals surface area contributed by atoms with Gasteiger partial charge in [0.05, 0.1) is 0 Å². The first-order valence-electron chi connectivity index (χ1n) is 7.90. The van der Waals surface area contributed by atoms with E-state index in [9.17, 15) is 14.4 Å². The fraction of sp³-hybridized carbons (Fsp3) is 0.471. The number of nitrogens with two attached hydrogens (primary N) is 1. The lowest BCUT2D eigenvalue weighted by Gasteiger charge is -2.41. The third-order valence-electron chi connectivity index (χ3n) is 4.27. The van der Waals surface area contributed by atoms with Crippen molar-refractivity contribution in [3.05, 3.63) is 29.8 Å². The first kappa shape index (κ1) is 17.8. The van der Waals surface area contributed by atoms with Crippen molar-refractivity contribution in [2.45, 2.75) is 49.6 Å². The molecule has 2 N–H and O–H groups in total. The van der Waals surface area contributed by atoms with E-state index in [0.29, 0.717) is 5.75 Å². The summed E-state index contributed by atoms with van der Waals surface area (Å²) in [6.45, 7) is 5.23. The van der Waals surface area contributed by atoms with E-state index in [2.05, 4.69) is 0 Å². The SMILES string of the molecule is CC(=O)Oc1ccc(COC(=O)C2N3C(=O)C(N)C3SC2(C)C)cc1. The monoisotopic (exact) mass is 364 g/mol. The molecule has 1 amide bonds. The molecule has 3 atom stereocenters. The summed E-state index contributed by atoms with van der Waals surface area (Å²) in [5, 5.41) is -0.164. The van der Waals surface area contributed by atoms with Gasteiger partial charge in [0.15, 0.2) is 0 Å². The average Bonchev–Trinajstić information content (AvgIpc) is 2.81. The fourth-order valence-corrected chi connectivity index (χ4v) is 4.64. The highest BCUT2D eigenvalue weighted by Gasteiger charge is 2.63. The molecule has 0 radical (unpaired) electrons. The Morgan fingerprint density at radius 1 is 1.28 bits per heavy atom. The molecule has 2 fully saturated rings. The van der Waals surface area contributed by atoms with Gasteiger partial charge in [0, 0.05) is 11.7 Å². The van der Waals surface area contributed by atoms with Crippen LogP contribution >= 0.6 is 11.8 Å². The Bertz CT molecular complexity index is 718. The number of amides is 1. The second-order valence-electron chi connectivity index (χ2n) is 6.63. The molecule has 0 aromatic heterocycles. The molecule has 2 saturated heterocycles. The molecule has 0 saturated carbocycles. The quantitative estimate of drug-likeness (QED) is 0.484. The molecule has 0 spiro atoms. The predicted molar refractivity (Wildman–Crippen MR) is 91.6 cm³/mol. The van der Waals surface area contributed by atoms with Crippen molar-refractivity contribution in [2.75, 3.05) is 0 Å². The number of β-lactam (4-membered cyclic amide) rings is 1. The number of hydrogen-bond acceptors (Lipinski definition) is 7. The number of carbonyl (C=O) groups is 3. The molecular weight excluding hydrogens is 344 g/mol. The molecule has 2 aliphatic rings. The highest BCUT2D eigenvalue weighted by atomic mass is 32.2. The summed E-state index contributed by atoms with van der Waals surface area (Å²) in [5.41, 5.74) is 6.56. The van der Waals surface area contributed by atoms with Crippen LogP contribution in [0, 0.1) is 0 Å². The van der Waals surface area contributed by atoms with E-state index in [1.165, 1.54) is 23.6 Å². The number of thioether (sulfide) groups is 1. The van der Waals surface area contributed by atoms with Gasteiger partial charge in [0.25, 0.3) is 0 Å². The molecule has 2 heterocycles. The van der Waals surface area contributed by atoms with E-state index in [4.69, 9.17) is 15.2 Å². The Morgan fingerprint density at radius 2 is 1.92 bits per heavy atom. The van der Waals surface area contributed by atoms with Crippen LogP contribution in [0.3, 0.4) is 0 Å². The third-order valence-corrected chi connectivity index (χ3v) is 5.86. The minimum atomic E-state index is -0.643. The standard InChI is InChI=1S/C17H20N2O5S/c1-9(20)24-11-6-4-10(5-7-11)8-23-16(22)13-17(2,3)25-15-12(18)14(21)19(13)15/h4-7,12-13,15H,8,18H2,1-3H3. The largest absolute Gasteiger partial charge is 0.459 e. The molecule has 0 aliphatic carbocycles. The van der Waals surface area contributed by atoms with Crippen molar-refractivity contribution in [1.29, 1.82) is 0 Å². The van der Waals surface area contributed by atoms with Crippen LogP contribution in [0.4, 0.5) is 0 Å². The van der Waals surface area contributed by atoms with Crippen LogP contribution in [0.25, 0.3) is 0 Å². The number of esters is 2. The van der Waals surface area contributed by atoms with Gasteiger partial charge < -0.3 is 20.1 Å². The van der Waals surface area contributed by atoms with Crippen LogP contribution in [-0.2, 0) is 25.7 Å². The first-order chi connectivity index (χ1) is 11.7. The molecule has 3 rings (SSSR count). The van der Waals surface area contributed by atoms with Gasteiger partial charge in [-0.2, -0.15) is 0 Å². The van der Waals surface area contributed by atoms with Gasteiger partial charge >= 0.3 is 11.9 Å². The summed E-state index contributed by atoms with van der Waals surface area (Å²) >= 11 is 1.53. The lowest BCUT2D eigenvalue weighted by atomic mass is 9.96. The Balaban J connectivity index is 1.62. The molecule has 8 heteroatoms. The molecule has 7 nitrogen and oxygen atoms in total. The van der Waals surface area contributed by atoms with E-state index in [1.54, 1.807) is 24.3 Å². The van der Waals surface area contributed by atoms with Gasteiger partial charge in [-0.25, -0.2) is 4.79 Å². The molecule has 3 unspecified atom stereocenters. The Hall–Kier alpha value is -2.06. The van der Waals surface area contributed by atoms with Gasteiger partial charge in [-0.1, -0.05) is 12.1 Å². The number of rotatable bonds is 4. The minimum Gasteiger partial charge on any atom is -0.459 e. The van der Waals surface area contributed by atoms with E-state index < -0.39 is 28.8 Å². The zero-order valence-corrected chi connectivity index (χ0v) is 15.0. The molecule has 2 aliphatic heterocycles. The van der Waals surface area contributed by atoms with Gasteiger partial charge in [0.1, 0.15) is 29.8 Å². The van der Waals surface area contributed by atoms with Gasteiger partial charge in [-0.15, -0.1) is 11.8 Å². The highest BCUT2D eigenvalue weighted by Crippen LogP contribution is 2.50. The van der Waals surface area contributed by atoms with Crippen molar-refractivity contribution in [3.8, 4) is 5.75 Å². The van der Waals surface area contributed by atoms with Crippen molar-refractivity contribution >= 4 is 29.6 Å². The first-order valence-corrected chi connectivity index (χ1v) is 8.78. The normalized spacial score (nSPS) is 26.6. The number of benzene rings is 1. The number of ether oxygens (including phenoxy) is 2. The summed E-state index contributed by atoms with van der Waals surface area (Å²) in [6.07, 6.45) is 0. The number of nitrogens with zero attached hydrogens (tertiary/aromatic N) is 1. The smallest absolute Gasteiger partial charge is 0.330 e. The number of hydrogen-bond donors (Lipinski definition) is 1. The maximum absolute atomic E-state index is 12.5. The Morgan fingerprint density at radius 3 is 2.52 bits per heavy atom. The number of fused-ring (bicyclic) bond motifs is 1. The minimum absolute atomic E-state index is 0.0786. The predicted octanol–water partition coefficient (Wildman–Crippen LogP) is 1.04. The van der Waals surface area contributed by atoms with E-state index in [1.807, 2.05) is 13.8 Å². The lowest BCUT2D eigenvalue weighted by molar-refractivity contribution is -0.163. The van der Waals surface area contributed by atoms with Gasteiger partial charge in [-0.05, 0) is 31.5 Å². The van der Waals surface area contributed by atoms with E-state index in [0.717, 1.165) is 5.56 Å². The van der Waals surface area contributed by atoms with Gasteiger partial charge in [-0.3, -0.25) is 9.59 Å². The van der Waals surface area contributed by atoms with Crippen molar-refractivity contribution < 1.29 is 23.9 Å². The molecule has 1 aromatic carbocycles. The molecular formula is C17H20N2O5S. The lowest BCUT2D eigenvalue weighted by Crippen LogP contribution is -2.68. The maximum Gasteiger partial charge on any atom is 0.330 e. The highest BCUT2D eigenvalue weighted by molar-refractivity contribution is 8.01. The number of carbonyl (C=O) groups excluding carboxylic acids is 3. The molecule has 0 bridgehead atoms. The van der Waals surface area contributed by atoms with Crippen molar-refractivity contribution in [1.82, 2.24) is 4.90 Å². The summed E-state index contributed by atoms with van der Waals surface area (Å²) < 4.78 is 9.91. The Kier molecular flexibility index (Phi) is 4.51. The topological polar surface area (TPSA) is 98.9 Å². The zero-order chi connectivity index (χ0) is 18.4. The van der Waals surface area contributed by atoms with Crippen LogP contribution in [0.15, 0.2) is 24.3 Å². The third kappa shape index (κ3) is 3.23. The maximum atomic E-state index is 12.5. The fourth-order valence-electron chi connectivity index (χ4n) is 3.08. The summed E-state index contributed by atoms with van der Waals surface area (Å²) in [7, 11) is 0. The molecule has 25 heavy (non-hydrogen) atoms. The second-order valence-corrected chi connectivity index (χ2v) is 8.40. The Labute approximate surface area is 149 Å². The summed E-state index contributed by atoms with van der Waals surface area (Å²) in [5.74, 6) is -0.619. The van der Waals surface area contributed by atoms with Crippen LogP contribution in [0.2, 0.25) is 0 Å². The van der Waals surface area contributed by atoms with Crippen molar-refractivity contribution in [3.63, 3.8) is 0 Å². The van der Waals surface area contributed by atoms with Crippen LogP contribution < -0.4 is 10.5 Å². The summed E-state index contributed by atoms with van der Waals surface area (Å²) in [6, 6.07) is 5.51. The van der Waals surface area contributed by atoms with Crippen molar-refractivity contribution in [2.24, 2.45) is 5.73 Å². The van der Waals surface area contributed by atoms with Crippen LogP contribution in [0.1, 0.15) is 26.3 Å². The molecule has 134 valence electrons. The summed E-state index contributed by atoms with van der Waals surface area (Å²) in [4.78, 5) is 37.0. The molecule has 1 aromatic rings.